The number of benzene rings is 1. The summed E-state index contributed by atoms with van der Waals surface area (Å²) in [6, 6.07) is 4.45. The van der Waals surface area contributed by atoms with Crippen molar-refractivity contribution in [2.45, 2.75) is 18.6 Å². The van der Waals surface area contributed by atoms with E-state index in [1.165, 1.54) is 18.2 Å². The lowest BCUT2D eigenvalue weighted by atomic mass is 10.00. The molecule has 2 aliphatic heterocycles. The fourth-order valence-electron chi connectivity index (χ4n) is 2.98. The van der Waals surface area contributed by atoms with Gasteiger partial charge in [-0.3, -0.25) is 4.79 Å². The fourth-order valence-corrected chi connectivity index (χ4v) is 2.98. The Kier molecular flexibility index (Phi) is 3.76. The van der Waals surface area contributed by atoms with Gasteiger partial charge in [0, 0.05) is 31.6 Å². The minimum absolute atomic E-state index is 0.0548. The molecule has 7 nitrogen and oxygen atoms in total. The molecule has 2 aliphatic rings. The number of nitrogens with two attached hydrogens (primary N) is 1. The number of anilines is 1. The molecule has 0 aliphatic carbocycles. The Morgan fingerprint density at radius 3 is 2.41 bits per heavy atom. The van der Waals surface area contributed by atoms with Crippen LogP contribution in [0.5, 0.6) is 0 Å². The zero-order chi connectivity index (χ0) is 15.7. The minimum Gasteiger partial charge on any atom is -0.478 e. The van der Waals surface area contributed by atoms with E-state index in [2.05, 4.69) is 0 Å². The van der Waals surface area contributed by atoms with Crippen LogP contribution >= 0.6 is 0 Å². The number of rotatable bonds is 2. The zero-order valence-corrected chi connectivity index (χ0v) is 12.1. The van der Waals surface area contributed by atoms with Gasteiger partial charge in [-0.25, -0.2) is 4.79 Å². The van der Waals surface area contributed by atoms with Gasteiger partial charge in [-0.15, -0.1) is 0 Å². The van der Waals surface area contributed by atoms with E-state index in [-0.39, 0.29) is 22.7 Å². The molecule has 1 aromatic carbocycles. The Morgan fingerprint density at radius 1 is 1.18 bits per heavy atom. The Balaban J connectivity index is 1.79. The summed E-state index contributed by atoms with van der Waals surface area (Å²) >= 11 is 0. The van der Waals surface area contributed by atoms with Crippen molar-refractivity contribution in [1.29, 1.82) is 0 Å². The van der Waals surface area contributed by atoms with Gasteiger partial charge >= 0.3 is 5.97 Å². The van der Waals surface area contributed by atoms with Crippen molar-refractivity contribution < 1.29 is 24.2 Å². The molecule has 2 fully saturated rings. The van der Waals surface area contributed by atoms with Gasteiger partial charge in [0.05, 0.1) is 24.3 Å². The Hall–Kier alpha value is -2.12. The van der Waals surface area contributed by atoms with Crippen LogP contribution in [0.25, 0.3) is 0 Å². The van der Waals surface area contributed by atoms with Gasteiger partial charge in [0.15, 0.2) is 5.79 Å². The number of aromatic carboxylic acids is 1. The molecule has 7 heteroatoms. The van der Waals surface area contributed by atoms with Crippen LogP contribution in [0.1, 0.15) is 33.6 Å². The molecule has 0 aromatic heterocycles. The Morgan fingerprint density at radius 2 is 1.82 bits per heavy atom. The molecular weight excluding hydrogens is 288 g/mol. The Bertz CT molecular complexity index is 600. The quantitative estimate of drug-likeness (QED) is 0.789. The molecule has 0 radical (unpaired) electrons. The third kappa shape index (κ3) is 2.53. The molecule has 2 heterocycles. The lowest BCUT2D eigenvalue weighted by molar-refractivity contribution is -0.181. The van der Waals surface area contributed by atoms with Gasteiger partial charge < -0.3 is 25.2 Å². The highest BCUT2D eigenvalue weighted by Gasteiger charge is 2.41. The lowest BCUT2D eigenvalue weighted by Crippen LogP contribution is -2.47. The van der Waals surface area contributed by atoms with Gasteiger partial charge in [-0.1, -0.05) is 6.07 Å². The van der Waals surface area contributed by atoms with E-state index in [1.807, 2.05) is 0 Å². The first-order valence-electron chi connectivity index (χ1n) is 7.21. The highest BCUT2D eigenvalue weighted by molar-refractivity contribution is 6.08. The van der Waals surface area contributed by atoms with E-state index in [1.54, 1.807) is 4.90 Å². The third-order valence-corrected chi connectivity index (χ3v) is 4.17. The van der Waals surface area contributed by atoms with Crippen LogP contribution in [0.3, 0.4) is 0 Å². The van der Waals surface area contributed by atoms with Crippen molar-refractivity contribution in [3.8, 4) is 0 Å². The number of hydrogen-bond donors (Lipinski definition) is 2. The number of nitrogens with zero attached hydrogens (tertiary/aromatic N) is 1. The lowest BCUT2D eigenvalue weighted by Gasteiger charge is -2.37. The number of carbonyl (C=O) groups excluding carboxylic acids is 1. The molecule has 0 bridgehead atoms. The first-order valence-corrected chi connectivity index (χ1v) is 7.21. The van der Waals surface area contributed by atoms with Gasteiger partial charge in [0.1, 0.15) is 0 Å². The summed E-state index contributed by atoms with van der Waals surface area (Å²) in [5.74, 6) is -2.09. The maximum Gasteiger partial charge on any atom is 0.336 e. The zero-order valence-electron chi connectivity index (χ0n) is 12.1. The smallest absolute Gasteiger partial charge is 0.336 e. The molecule has 1 amide bonds. The molecule has 3 rings (SSSR count). The van der Waals surface area contributed by atoms with Gasteiger partial charge in [-0.05, 0) is 12.1 Å². The van der Waals surface area contributed by atoms with E-state index < -0.39 is 11.8 Å². The van der Waals surface area contributed by atoms with Crippen molar-refractivity contribution in [3.05, 3.63) is 29.3 Å². The number of piperidine rings is 1. The maximum absolute atomic E-state index is 12.7. The van der Waals surface area contributed by atoms with Gasteiger partial charge in [0.2, 0.25) is 0 Å². The summed E-state index contributed by atoms with van der Waals surface area (Å²) in [6.45, 7) is 2.05. The number of carbonyl (C=O) groups is 2. The van der Waals surface area contributed by atoms with Gasteiger partial charge in [-0.2, -0.15) is 0 Å². The number of hydrogen-bond acceptors (Lipinski definition) is 5. The maximum atomic E-state index is 12.7. The second-order valence-electron chi connectivity index (χ2n) is 5.47. The summed E-state index contributed by atoms with van der Waals surface area (Å²) in [4.78, 5) is 25.6. The fraction of sp³-hybridized carbons (Fsp3) is 0.467. The molecule has 22 heavy (non-hydrogen) atoms. The van der Waals surface area contributed by atoms with E-state index in [0.717, 1.165) is 0 Å². The number of ether oxygens (including phenoxy) is 2. The SMILES string of the molecule is Nc1cccc(C(=O)O)c1C(=O)N1CCC2(CC1)OCCO2. The van der Waals surface area contributed by atoms with Crippen molar-refractivity contribution in [1.82, 2.24) is 4.90 Å². The standard InChI is InChI=1S/C15H18N2O5/c16-11-3-1-2-10(14(19)20)12(11)13(18)17-6-4-15(5-7-17)21-8-9-22-15/h1-3H,4-9,16H2,(H,19,20). The second kappa shape index (κ2) is 5.58. The predicted molar refractivity (Wildman–Crippen MR) is 77.6 cm³/mol. The van der Waals surface area contributed by atoms with Crippen LogP contribution in [0.2, 0.25) is 0 Å². The van der Waals surface area contributed by atoms with Crippen LogP contribution in [-0.4, -0.2) is 54.0 Å². The average molecular weight is 306 g/mol. The summed E-state index contributed by atoms with van der Waals surface area (Å²) in [5.41, 5.74) is 5.99. The molecule has 0 atom stereocenters. The molecule has 118 valence electrons. The second-order valence-corrected chi connectivity index (χ2v) is 5.47. The van der Waals surface area contributed by atoms with Crippen LogP contribution in [0, 0.1) is 0 Å². The van der Waals surface area contributed by atoms with E-state index in [9.17, 15) is 14.7 Å². The largest absolute Gasteiger partial charge is 0.478 e. The highest BCUT2D eigenvalue weighted by Crippen LogP contribution is 2.32. The highest BCUT2D eigenvalue weighted by atomic mass is 16.7. The van der Waals surface area contributed by atoms with Crippen molar-refractivity contribution in [2.75, 3.05) is 32.0 Å². The molecule has 0 unspecified atom stereocenters. The summed E-state index contributed by atoms with van der Waals surface area (Å²) in [6.07, 6.45) is 1.15. The molecule has 2 saturated heterocycles. The molecular formula is C15H18N2O5. The third-order valence-electron chi connectivity index (χ3n) is 4.17. The predicted octanol–water partition coefficient (Wildman–Crippen LogP) is 0.946. The van der Waals surface area contributed by atoms with Crippen LogP contribution in [0.15, 0.2) is 18.2 Å². The summed E-state index contributed by atoms with van der Waals surface area (Å²) < 4.78 is 11.2. The molecule has 1 aromatic rings. The van der Waals surface area contributed by atoms with Crippen molar-refractivity contribution in [3.63, 3.8) is 0 Å². The number of carboxylic acids is 1. The topological polar surface area (TPSA) is 102 Å². The van der Waals surface area contributed by atoms with Crippen LogP contribution < -0.4 is 5.73 Å². The summed E-state index contributed by atoms with van der Waals surface area (Å²) in [5, 5.41) is 9.24. The minimum atomic E-state index is -1.16. The van der Waals surface area contributed by atoms with Crippen molar-refractivity contribution in [2.24, 2.45) is 0 Å². The van der Waals surface area contributed by atoms with Gasteiger partial charge in [0.25, 0.3) is 5.91 Å². The normalized spacial score (nSPS) is 20.3. The van der Waals surface area contributed by atoms with E-state index >= 15 is 0 Å². The number of likely N-dealkylation sites (tertiary alicyclic amines) is 1. The van der Waals surface area contributed by atoms with Crippen molar-refractivity contribution >= 4 is 17.6 Å². The first kappa shape index (κ1) is 14.8. The number of amides is 1. The molecule has 3 N–H and O–H groups in total. The monoisotopic (exact) mass is 306 g/mol. The average Bonchev–Trinajstić information content (AvgIpc) is 2.95. The molecule has 1 spiro atoms. The number of nitrogen functional groups attached to an aromatic ring is 1. The summed E-state index contributed by atoms with van der Waals surface area (Å²) in [7, 11) is 0. The first-order chi connectivity index (χ1) is 10.5. The van der Waals surface area contributed by atoms with E-state index in [4.69, 9.17) is 15.2 Å². The molecule has 0 saturated carbocycles. The van der Waals surface area contributed by atoms with Crippen LogP contribution in [0.4, 0.5) is 5.69 Å². The van der Waals surface area contributed by atoms with E-state index in [0.29, 0.717) is 39.1 Å². The van der Waals surface area contributed by atoms with Crippen LogP contribution in [-0.2, 0) is 9.47 Å². The number of carboxylic acid groups (broad SMARTS) is 1. The Labute approximate surface area is 127 Å².